The number of rotatable bonds is 3. The Hall–Kier alpha value is -1.00. The Labute approximate surface area is 124 Å². The van der Waals surface area contributed by atoms with Gasteiger partial charge in [-0.25, -0.2) is 4.98 Å². The zero-order chi connectivity index (χ0) is 13.8. The minimum atomic E-state index is 0.605. The molecule has 2 unspecified atom stereocenters. The zero-order valence-electron chi connectivity index (χ0n) is 12.1. The summed E-state index contributed by atoms with van der Waals surface area (Å²) in [6, 6.07) is 8.88. The highest BCUT2D eigenvalue weighted by molar-refractivity contribution is 7.99. The standard InChI is InChI=1S/C16H23N3S/c1-17-14-10-4-2-3-5-11-15(14)20-16-18-12-8-6-7-9-13(12)19-16/h6-9,14-15,17H,2-5,10-11H2,1H3,(H,18,19). The first-order valence-corrected chi connectivity index (χ1v) is 8.53. The third-order valence-electron chi connectivity index (χ3n) is 4.20. The second kappa shape index (κ2) is 6.64. The van der Waals surface area contributed by atoms with Crippen LogP contribution in [0.2, 0.25) is 0 Å². The summed E-state index contributed by atoms with van der Waals surface area (Å²) in [5.41, 5.74) is 2.21. The first-order chi connectivity index (χ1) is 9.86. The van der Waals surface area contributed by atoms with Crippen LogP contribution in [0.1, 0.15) is 38.5 Å². The van der Waals surface area contributed by atoms with Gasteiger partial charge in [0.25, 0.3) is 0 Å². The molecule has 1 aromatic heterocycles. The predicted octanol–water partition coefficient (Wildman–Crippen LogP) is 3.97. The summed E-state index contributed by atoms with van der Waals surface area (Å²) < 4.78 is 0. The SMILES string of the molecule is CNC1CCCCCCC1Sc1nc2ccccc2[nH]1. The first-order valence-electron chi connectivity index (χ1n) is 7.65. The fourth-order valence-electron chi connectivity index (χ4n) is 3.05. The first kappa shape index (κ1) is 14.0. The van der Waals surface area contributed by atoms with E-state index in [0.29, 0.717) is 11.3 Å². The van der Waals surface area contributed by atoms with E-state index in [2.05, 4.69) is 35.5 Å². The van der Waals surface area contributed by atoms with E-state index in [1.807, 2.05) is 17.8 Å². The molecule has 0 bridgehead atoms. The van der Waals surface area contributed by atoms with Gasteiger partial charge in [0.2, 0.25) is 0 Å². The summed E-state index contributed by atoms with van der Waals surface area (Å²) in [5, 5.41) is 5.21. The number of benzene rings is 1. The highest BCUT2D eigenvalue weighted by Gasteiger charge is 2.23. The van der Waals surface area contributed by atoms with E-state index in [9.17, 15) is 0 Å². The van der Waals surface area contributed by atoms with Gasteiger partial charge in [0.15, 0.2) is 5.16 Å². The molecule has 2 N–H and O–H groups in total. The number of nitrogens with one attached hydrogen (secondary N) is 2. The maximum absolute atomic E-state index is 4.71. The fourth-order valence-corrected chi connectivity index (χ4v) is 4.38. The van der Waals surface area contributed by atoms with Crippen molar-refractivity contribution < 1.29 is 0 Å². The van der Waals surface area contributed by atoms with Gasteiger partial charge in [0, 0.05) is 11.3 Å². The third-order valence-corrected chi connectivity index (χ3v) is 5.49. The molecule has 20 heavy (non-hydrogen) atoms. The van der Waals surface area contributed by atoms with Crippen LogP contribution in [0.15, 0.2) is 29.4 Å². The summed E-state index contributed by atoms with van der Waals surface area (Å²) in [6.07, 6.45) is 8.04. The van der Waals surface area contributed by atoms with Gasteiger partial charge >= 0.3 is 0 Å². The number of nitrogens with zero attached hydrogens (tertiary/aromatic N) is 1. The largest absolute Gasteiger partial charge is 0.333 e. The Morgan fingerprint density at radius 2 is 1.95 bits per heavy atom. The molecule has 1 aromatic carbocycles. The second-order valence-electron chi connectivity index (χ2n) is 5.60. The van der Waals surface area contributed by atoms with Crippen molar-refractivity contribution in [3.05, 3.63) is 24.3 Å². The molecule has 108 valence electrons. The van der Waals surface area contributed by atoms with Gasteiger partial charge in [-0.2, -0.15) is 0 Å². The van der Waals surface area contributed by atoms with Crippen LogP contribution in [0.25, 0.3) is 11.0 Å². The summed E-state index contributed by atoms with van der Waals surface area (Å²) >= 11 is 1.92. The number of hydrogen-bond donors (Lipinski definition) is 2. The molecular formula is C16H23N3S. The lowest BCUT2D eigenvalue weighted by atomic mass is 9.96. The summed E-state index contributed by atoms with van der Waals surface area (Å²) in [5.74, 6) is 0. The molecule has 2 atom stereocenters. The number of H-pyrrole nitrogens is 1. The highest BCUT2D eigenvalue weighted by atomic mass is 32.2. The maximum Gasteiger partial charge on any atom is 0.166 e. The number of thioether (sulfide) groups is 1. The molecule has 3 nitrogen and oxygen atoms in total. The van der Waals surface area contributed by atoms with E-state index in [1.54, 1.807) is 0 Å². The number of fused-ring (bicyclic) bond motifs is 1. The van der Waals surface area contributed by atoms with E-state index in [4.69, 9.17) is 4.98 Å². The topological polar surface area (TPSA) is 40.7 Å². The Morgan fingerprint density at radius 3 is 2.75 bits per heavy atom. The average Bonchev–Trinajstić information content (AvgIpc) is 2.84. The van der Waals surface area contributed by atoms with Crippen LogP contribution in [0.4, 0.5) is 0 Å². The van der Waals surface area contributed by atoms with Gasteiger partial charge in [0.05, 0.1) is 11.0 Å². The van der Waals surface area contributed by atoms with Crippen molar-refractivity contribution in [2.75, 3.05) is 7.05 Å². The molecule has 4 heteroatoms. The Morgan fingerprint density at radius 1 is 1.15 bits per heavy atom. The van der Waals surface area contributed by atoms with Crippen LogP contribution >= 0.6 is 11.8 Å². The van der Waals surface area contributed by atoms with Crippen LogP contribution in [0.5, 0.6) is 0 Å². The number of para-hydroxylation sites is 2. The highest BCUT2D eigenvalue weighted by Crippen LogP contribution is 2.32. The summed E-state index contributed by atoms with van der Waals surface area (Å²) in [7, 11) is 2.10. The molecule has 1 aliphatic rings. The molecule has 1 fully saturated rings. The lowest BCUT2D eigenvalue weighted by Crippen LogP contribution is -2.36. The molecule has 2 aromatic rings. The quantitative estimate of drug-likeness (QED) is 0.898. The number of hydrogen-bond acceptors (Lipinski definition) is 3. The third kappa shape index (κ3) is 3.18. The van der Waals surface area contributed by atoms with E-state index in [1.165, 1.54) is 38.5 Å². The van der Waals surface area contributed by atoms with E-state index in [0.717, 1.165) is 16.2 Å². The minimum absolute atomic E-state index is 0.605. The van der Waals surface area contributed by atoms with Crippen LogP contribution in [-0.2, 0) is 0 Å². The molecule has 0 aliphatic heterocycles. The number of aromatic amines is 1. The normalized spacial score (nSPS) is 24.4. The second-order valence-corrected chi connectivity index (χ2v) is 6.83. The Balaban J connectivity index is 1.76. The van der Waals surface area contributed by atoms with Gasteiger partial charge in [-0.15, -0.1) is 0 Å². The monoisotopic (exact) mass is 289 g/mol. The van der Waals surface area contributed by atoms with Crippen LogP contribution in [0.3, 0.4) is 0 Å². The van der Waals surface area contributed by atoms with Gasteiger partial charge in [0.1, 0.15) is 0 Å². The van der Waals surface area contributed by atoms with Gasteiger partial charge in [-0.3, -0.25) is 0 Å². The smallest absolute Gasteiger partial charge is 0.166 e. The molecule has 0 spiro atoms. The summed E-state index contributed by atoms with van der Waals surface area (Å²) in [6.45, 7) is 0. The molecule has 3 rings (SSSR count). The van der Waals surface area contributed by atoms with Gasteiger partial charge in [-0.05, 0) is 32.0 Å². The van der Waals surface area contributed by atoms with Crippen molar-refractivity contribution >= 4 is 22.8 Å². The average molecular weight is 289 g/mol. The molecule has 1 aliphatic carbocycles. The summed E-state index contributed by atoms with van der Waals surface area (Å²) in [4.78, 5) is 8.16. The van der Waals surface area contributed by atoms with E-state index >= 15 is 0 Å². The molecule has 1 saturated carbocycles. The Kier molecular flexibility index (Phi) is 4.63. The van der Waals surface area contributed by atoms with Crippen LogP contribution < -0.4 is 5.32 Å². The van der Waals surface area contributed by atoms with Gasteiger partial charge in [-0.1, -0.05) is 49.6 Å². The molecule has 0 saturated heterocycles. The van der Waals surface area contributed by atoms with Crippen molar-refractivity contribution in [2.45, 2.75) is 55.0 Å². The Bertz CT molecular complexity index is 518. The zero-order valence-corrected chi connectivity index (χ0v) is 12.9. The predicted molar refractivity (Wildman–Crippen MR) is 86.3 cm³/mol. The number of aromatic nitrogens is 2. The maximum atomic E-state index is 4.71. The van der Waals surface area contributed by atoms with Crippen LogP contribution in [0, 0.1) is 0 Å². The van der Waals surface area contributed by atoms with Crippen molar-refractivity contribution in [3.63, 3.8) is 0 Å². The minimum Gasteiger partial charge on any atom is -0.333 e. The van der Waals surface area contributed by atoms with E-state index < -0.39 is 0 Å². The molecule has 1 heterocycles. The van der Waals surface area contributed by atoms with Crippen LogP contribution in [-0.4, -0.2) is 28.3 Å². The molecule has 0 radical (unpaired) electrons. The lowest BCUT2D eigenvalue weighted by molar-refractivity contribution is 0.420. The van der Waals surface area contributed by atoms with Crippen molar-refractivity contribution in [3.8, 4) is 0 Å². The van der Waals surface area contributed by atoms with Crippen molar-refractivity contribution in [1.29, 1.82) is 0 Å². The van der Waals surface area contributed by atoms with Crippen molar-refractivity contribution in [2.24, 2.45) is 0 Å². The molecular weight excluding hydrogens is 266 g/mol. The fraction of sp³-hybridized carbons (Fsp3) is 0.562. The van der Waals surface area contributed by atoms with E-state index in [-0.39, 0.29) is 0 Å². The lowest BCUT2D eigenvalue weighted by Gasteiger charge is -2.27. The number of imidazole rings is 1. The molecule has 0 amide bonds. The van der Waals surface area contributed by atoms with Gasteiger partial charge < -0.3 is 10.3 Å². The van der Waals surface area contributed by atoms with Crippen molar-refractivity contribution in [1.82, 2.24) is 15.3 Å².